The third-order valence-electron chi connectivity index (χ3n) is 11.6. The van der Waals surface area contributed by atoms with Crippen LogP contribution in [0.2, 0.25) is 0 Å². The van der Waals surface area contributed by atoms with Gasteiger partial charge in [0, 0.05) is 6.42 Å². The highest BCUT2D eigenvalue weighted by Gasteiger charge is 2.44. The molecule has 1 saturated heterocycles. The summed E-state index contributed by atoms with van der Waals surface area (Å²) in [7, 11) is 0. The molecule has 1 aliphatic heterocycles. The van der Waals surface area contributed by atoms with Crippen molar-refractivity contribution < 1.29 is 39.8 Å². The van der Waals surface area contributed by atoms with E-state index in [2.05, 4.69) is 55.6 Å². The molecule has 60 heavy (non-hydrogen) atoms. The fourth-order valence-corrected chi connectivity index (χ4v) is 7.61. The number of carbonyl (C=O) groups excluding carboxylic acids is 1. The number of rotatable bonds is 41. The smallest absolute Gasteiger partial charge is 0.220 e. The second-order valence-corrected chi connectivity index (χ2v) is 17.2. The summed E-state index contributed by atoms with van der Waals surface area (Å²) in [6.07, 6.45) is 46.1. The zero-order valence-corrected chi connectivity index (χ0v) is 38.5. The lowest BCUT2D eigenvalue weighted by Crippen LogP contribution is -2.60. The van der Waals surface area contributed by atoms with Crippen LogP contribution in [0.25, 0.3) is 0 Å². The first kappa shape index (κ1) is 56.2. The topological polar surface area (TPSA) is 149 Å². The molecule has 0 radical (unpaired) electrons. The molecular weight excluding hydrogens is 755 g/mol. The van der Waals surface area contributed by atoms with Gasteiger partial charge in [-0.25, -0.2) is 0 Å². The molecule has 0 aromatic heterocycles. The maximum atomic E-state index is 12.9. The number of aliphatic hydroxyl groups is 5. The molecule has 9 heteroatoms. The molecule has 1 amide bonds. The molecule has 0 spiro atoms. The molecular formula is C51H93NO8. The zero-order chi connectivity index (χ0) is 43.7. The van der Waals surface area contributed by atoms with Crippen LogP contribution in [0, 0.1) is 0 Å². The molecule has 350 valence electrons. The molecule has 6 N–H and O–H groups in total. The molecule has 0 saturated carbocycles. The van der Waals surface area contributed by atoms with Gasteiger partial charge in [-0.3, -0.25) is 4.79 Å². The average Bonchev–Trinajstić information content (AvgIpc) is 3.25. The number of hydrogen-bond acceptors (Lipinski definition) is 8. The van der Waals surface area contributed by atoms with Crippen LogP contribution in [0.3, 0.4) is 0 Å². The summed E-state index contributed by atoms with van der Waals surface area (Å²) < 4.78 is 11.2. The zero-order valence-electron chi connectivity index (χ0n) is 38.5. The Morgan fingerprint density at radius 1 is 0.567 bits per heavy atom. The maximum absolute atomic E-state index is 12.9. The van der Waals surface area contributed by atoms with Crippen LogP contribution in [-0.4, -0.2) is 87.5 Å². The Kier molecular flexibility index (Phi) is 38.5. The average molecular weight is 848 g/mol. The summed E-state index contributed by atoms with van der Waals surface area (Å²) in [5.74, 6) is -0.192. The minimum absolute atomic E-state index is 0.192. The maximum Gasteiger partial charge on any atom is 0.220 e. The van der Waals surface area contributed by atoms with Crippen LogP contribution in [-0.2, 0) is 14.3 Å². The highest BCUT2D eigenvalue weighted by atomic mass is 16.7. The molecule has 0 aromatic carbocycles. The molecule has 0 aromatic rings. The Hall–Kier alpha value is -1.85. The van der Waals surface area contributed by atoms with Crippen molar-refractivity contribution in [3.63, 3.8) is 0 Å². The molecule has 1 aliphatic rings. The lowest BCUT2D eigenvalue weighted by molar-refractivity contribution is -0.302. The van der Waals surface area contributed by atoms with Crippen molar-refractivity contribution in [2.45, 2.75) is 256 Å². The largest absolute Gasteiger partial charge is 0.394 e. The van der Waals surface area contributed by atoms with E-state index < -0.39 is 49.5 Å². The van der Waals surface area contributed by atoms with Gasteiger partial charge >= 0.3 is 0 Å². The van der Waals surface area contributed by atoms with Crippen LogP contribution in [0.5, 0.6) is 0 Å². The normalized spacial score (nSPS) is 20.9. The monoisotopic (exact) mass is 848 g/mol. The third-order valence-corrected chi connectivity index (χ3v) is 11.6. The Labute approximate surface area is 367 Å². The van der Waals surface area contributed by atoms with E-state index >= 15 is 0 Å². The third kappa shape index (κ3) is 31.1. The van der Waals surface area contributed by atoms with E-state index in [-0.39, 0.29) is 12.5 Å². The standard InChI is InChI=1S/C51H93NO8/c1-3-5-7-9-11-13-15-16-17-18-19-20-21-22-23-24-25-26-27-28-29-30-31-33-35-37-39-41-47(55)52-44(43-59-51-50(58)49(57)48(56)46(42-53)60-51)45(54)40-38-36-34-32-14-12-10-8-6-4-2/h14,19-20,22-23,32,38,40,44-46,48-51,53-54,56-58H,3-13,15-18,21,24-31,33-37,39,41-43H2,1-2H3,(H,52,55)/b20-19-,23-22-,32-14+,40-38+. The number of aliphatic hydroxyl groups excluding tert-OH is 5. The van der Waals surface area contributed by atoms with Crippen LogP contribution < -0.4 is 5.32 Å². The fourth-order valence-electron chi connectivity index (χ4n) is 7.61. The molecule has 0 aliphatic carbocycles. The van der Waals surface area contributed by atoms with Gasteiger partial charge in [-0.15, -0.1) is 0 Å². The number of unbranched alkanes of at least 4 members (excludes halogenated alkanes) is 25. The van der Waals surface area contributed by atoms with Crippen LogP contribution in [0.15, 0.2) is 48.6 Å². The van der Waals surface area contributed by atoms with E-state index in [0.29, 0.717) is 6.42 Å². The van der Waals surface area contributed by atoms with Gasteiger partial charge < -0.3 is 40.3 Å². The van der Waals surface area contributed by atoms with Gasteiger partial charge in [0.15, 0.2) is 6.29 Å². The summed E-state index contributed by atoms with van der Waals surface area (Å²) in [6.45, 7) is 3.71. The van der Waals surface area contributed by atoms with E-state index in [0.717, 1.165) is 44.9 Å². The fraction of sp³-hybridized carbons (Fsp3) is 0.824. The van der Waals surface area contributed by atoms with Gasteiger partial charge in [0.05, 0.1) is 25.4 Å². The summed E-state index contributed by atoms with van der Waals surface area (Å²) in [6, 6.07) is -0.821. The lowest BCUT2D eigenvalue weighted by Gasteiger charge is -2.40. The van der Waals surface area contributed by atoms with E-state index in [4.69, 9.17) is 9.47 Å². The van der Waals surface area contributed by atoms with E-state index in [1.54, 1.807) is 6.08 Å². The number of allylic oxidation sites excluding steroid dienone is 7. The first-order valence-electron chi connectivity index (χ1n) is 24.9. The Balaban J connectivity index is 2.20. The number of nitrogens with one attached hydrogen (secondary N) is 1. The van der Waals surface area contributed by atoms with Crippen LogP contribution in [0.4, 0.5) is 0 Å². The number of ether oxygens (including phenoxy) is 2. The van der Waals surface area contributed by atoms with E-state index in [1.807, 2.05) is 6.08 Å². The molecule has 7 unspecified atom stereocenters. The second kappa shape index (κ2) is 41.2. The molecule has 7 atom stereocenters. The molecule has 0 bridgehead atoms. The summed E-state index contributed by atoms with van der Waals surface area (Å²) in [5.41, 5.74) is 0. The predicted octanol–water partition coefficient (Wildman–Crippen LogP) is 11.0. The van der Waals surface area contributed by atoms with Gasteiger partial charge in [0.2, 0.25) is 5.91 Å². The number of amides is 1. The molecule has 1 fully saturated rings. The van der Waals surface area contributed by atoms with Crippen molar-refractivity contribution >= 4 is 5.91 Å². The first-order valence-corrected chi connectivity index (χ1v) is 24.9. The predicted molar refractivity (Wildman–Crippen MR) is 249 cm³/mol. The minimum atomic E-state index is -1.57. The van der Waals surface area contributed by atoms with Crippen molar-refractivity contribution in [2.24, 2.45) is 0 Å². The van der Waals surface area contributed by atoms with Gasteiger partial charge in [-0.1, -0.05) is 191 Å². The van der Waals surface area contributed by atoms with Crippen LogP contribution in [0.1, 0.15) is 213 Å². The van der Waals surface area contributed by atoms with Crippen LogP contribution >= 0.6 is 0 Å². The van der Waals surface area contributed by atoms with Crippen molar-refractivity contribution in [3.8, 4) is 0 Å². The molecule has 1 heterocycles. The Morgan fingerprint density at radius 2 is 1.00 bits per heavy atom. The lowest BCUT2D eigenvalue weighted by atomic mass is 9.99. The van der Waals surface area contributed by atoms with Crippen molar-refractivity contribution in [2.75, 3.05) is 13.2 Å². The number of carbonyl (C=O) groups is 1. The first-order chi connectivity index (χ1) is 29.3. The Bertz CT molecular complexity index is 1080. The van der Waals surface area contributed by atoms with Crippen molar-refractivity contribution in [1.82, 2.24) is 5.32 Å². The number of hydrogen-bond donors (Lipinski definition) is 6. The highest BCUT2D eigenvalue weighted by Crippen LogP contribution is 2.22. The van der Waals surface area contributed by atoms with Gasteiger partial charge in [-0.2, -0.15) is 0 Å². The van der Waals surface area contributed by atoms with Crippen molar-refractivity contribution in [1.29, 1.82) is 0 Å². The summed E-state index contributed by atoms with van der Waals surface area (Å²) in [5, 5.41) is 54.1. The van der Waals surface area contributed by atoms with Gasteiger partial charge in [0.25, 0.3) is 0 Å². The SMILES string of the molecule is CCCCCC/C=C/CC/C=C/C(O)C(COC1OC(CO)C(O)C(O)C1O)NC(=O)CCCCCCCCCCCCC/C=C\C/C=C\CCCCCCCCCCC. The molecule has 1 rings (SSSR count). The highest BCUT2D eigenvalue weighted by molar-refractivity contribution is 5.76. The summed E-state index contributed by atoms with van der Waals surface area (Å²) >= 11 is 0. The van der Waals surface area contributed by atoms with Crippen molar-refractivity contribution in [3.05, 3.63) is 48.6 Å². The summed E-state index contributed by atoms with van der Waals surface area (Å²) in [4.78, 5) is 12.9. The Morgan fingerprint density at radius 3 is 1.52 bits per heavy atom. The second-order valence-electron chi connectivity index (χ2n) is 17.2. The minimum Gasteiger partial charge on any atom is -0.394 e. The molecule has 9 nitrogen and oxygen atoms in total. The quantitative estimate of drug-likeness (QED) is 0.0263. The van der Waals surface area contributed by atoms with Gasteiger partial charge in [0.1, 0.15) is 24.4 Å². The van der Waals surface area contributed by atoms with Gasteiger partial charge in [-0.05, 0) is 64.2 Å². The van der Waals surface area contributed by atoms with E-state index in [9.17, 15) is 30.3 Å². The van der Waals surface area contributed by atoms with E-state index in [1.165, 1.54) is 148 Å².